The predicted octanol–water partition coefficient (Wildman–Crippen LogP) is 4.19. The van der Waals surface area contributed by atoms with E-state index in [-0.39, 0.29) is 0 Å². The molecule has 2 aromatic carbocycles. The summed E-state index contributed by atoms with van der Waals surface area (Å²) in [4.78, 5) is 0.600. The van der Waals surface area contributed by atoms with Crippen molar-refractivity contribution in [1.82, 2.24) is 8.61 Å². The molecular formula is C24H32N2O4S2. The molecule has 0 aliphatic carbocycles. The molecule has 2 saturated heterocycles. The molecule has 2 aromatic rings. The minimum atomic E-state index is -3.49. The van der Waals surface area contributed by atoms with Crippen molar-refractivity contribution in [3.8, 4) is 11.1 Å². The topological polar surface area (TPSA) is 74.8 Å². The van der Waals surface area contributed by atoms with E-state index in [2.05, 4.69) is 13.8 Å². The average molecular weight is 477 g/mol. The largest absolute Gasteiger partial charge is 0.243 e. The Morgan fingerprint density at radius 2 is 0.969 bits per heavy atom. The zero-order valence-electron chi connectivity index (χ0n) is 18.8. The first-order valence-electron chi connectivity index (χ1n) is 11.4. The van der Waals surface area contributed by atoms with E-state index in [0.717, 1.165) is 36.8 Å². The summed E-state index contributed by atoms with van der Waals surface area (Å²) in [6.07, 6.45) is 3.91. The number of benzene rings is 2. The van der Waals surface area contributed by atoms with Crippen molar-refractivity contribution in [2.45, 2.75) is 49.3 Å². The summed E-state index contributed by atoms with van der Waals surface area (Å²) in [7, 11) is -6.98. The highest BCUT2D eigenvalue weighted by Crippen LogP contribution is 2.28. The molecule has 2 unspecified atom stereocenters. The zero-order chi connectivity index (χ0) is 22.9. The van der Waals surface area contributed by atoms with Gasteiger partial charge in [0.05, 0.1) is 9.79 Å². The molecule has 2 fully saturated rings. The average Bonchev–Trinajstić information content (AvgIpc) is 2.79. The van der Waals surface area contributed by atoms with Gasteiger partial charge >= 0.3 is 0 Å². The van der Waals surface area contributed by atoms with Gasteiger partial charge in [0.25, 0.3) is 0 Å². The van der Waals surface area contributed by atoms with Crippen LogP contribution < -0.4 is 0 Å². The number of hydrogen-bond donors (Lipinski definition) is 0. The Bertz CT molecular complexity index is 1050. The van der Waals surface area contributed by atoms with Gasteiger partial charge in [-0.3, -0.25) is 0 Å². The van der Waals surface area contributed by atoms with E-state index in [1.807, 2.05) is 0 Å². The first kappa shape index (κ1) is 23.4. The van der Waals surface area contributed by atoms with Crippen LogP contribution in [0.25, 0.3) is 11.1 Å². The molecule has 32 heavy (non-hydrogen) atoms. The molecule has 6 nitrogen and oxygen atoms in total. The van der Waals surface area contributed by atoms with Crippen LogP contribution in [-0.2, 0) is 20.0 Å². The summed E-state index contributed by atoms with van der Waals surface area (Å²) in [6, 6.07) is 13.7. The lowest BCUT2D eigenvalue weighted by molar-refractivity contribution is 0.281. The van der Waals surface area contributed by atoms with Crippen LogP contribution in [-0.4, -0.2) is 51.6 Å². The van der Waals surface area contributed by atoms with Crippen LogP contribution >= 0.6 is 0 Å². The normalized spacial score (nSPS) is 23.8. The molecule has 174 valence electrons. The van der Waals surface area contributed by atoms with Crippen LogP contribution in [0, 0.1) is 11.8 Å². The summed E-state index contributed by atoms with van der Waals surface area (Å²) < 4.78 is 55.0. The van der Waals surface area contributed by atoms with Crippen molar-refractivity contribution in [2.24, 2.45) is 11.8 Å². The van der Waals surface area contributed by atoms with Gasteiger partial charge in [-0.25, -0.2) is 16.8 Å². The van der Waals surface area contributed by atoms with E-state index < -0.39 is 20.0 Å². The Hall–Kier alpha value is -1.74. The van der Waals surface area contributed by atoms with Crippen LogP contribution in [0.4, 0.5) is 0 Å². The van der Waals surface area contributed by atoms with Gasteiger partial charge in [-0.05, 0) is 72.9 Å². The van der Waals surface area contributed by atoms with Crippen molar-refractivity contribution >= 4 is 20.0 Å². The van der Waals surface area contributed by atoms with E-state index in [0.29, 0.717) is 47.8 Å². The number of nitrogens with zero attached hydrogens (tertiary/aromatic N) is 2. The number of piperidine rings is 2. The maximum Gasteiger partial charge on any atom is 0.243 e. The maximum absolute atomic E-state index is 13.0. The van der Waals surface area contributed by atoms with Crippen LogP contribution in [0.15, 0.2) is 58.3 Å². The Morgan fingerprint density at radius 1 is 0.625 bits per heavy atom. The summed E-state index contributed by atoms with van der Waals surface area (Å²) in [5.74, 6) is 0.751. The third kappa shape index (κ3) is 4.78. The van der Waals surface area contributed by atoms with Crippen LogP contribution in [0.3, 0.4) is 0 Å². The Morgan fingerprint density at radius 3 is 1.28 bits per heavy atom. The SMILES string of the molecule is CC1CCCN(S(=O)(=O)c2ccc(-c3ccc(S(=O)(=O)N4CCCC(C)C4)cc3)cc2)C1. The molecule has 2 heterocycles. The summed E-state index contributed by atoms with van der Waals surface area (Å²) in [5.41, 5.74) is 1.71. The van der Waals surface area contributed by atoms with Gasteiger partial charge in [0.2, 0.25) is 20.0 Å². The van der Waals surface area contributed by atoms with E-state index in [1.54, 1.807) is 57.1 Å². The van der Waals surface area contributed by atoms with Crippen molar-refractivity contribution in [3.63, 3.8) is 0 Å². The Kier molecular flexibility index (Phi) is 6.77. The fraction of sp³-hybridized carbons (Fsp3) is 0.500. The molecule has 0 radical (unpaired) electrons. The minimum Gasteiger partial charge on any atom is -0.207 e. The zero-order valence-corrected chi connectivity index (χ0v) is 20.4. The second-order valence-corrected chi connectivity index (χ2v) is 13.1. The molecular weight excluding hydrogens is 444 g/mol. The second kappa shape index (κ2) is 9.25. The molecule has 0 bridgehead atoms. The number of rotatable bonds is 5. The molecule has 2 aliphatic heterocycles. The van der Waals surface area contributed by atoms with Gasteiger partial charge in [0.15, 0.2) is 0 Å². The predicted molar refractivity (Wildman–Crippen MR) is 126 cm³/mol. The van der Waals surface area contributed by atoms with Gasteiger partial charge in [-0.1, -0.05) is 38.1 Å². The first-order valence-corrected chi connectivity index (χ1v) is 14.3. The molecule has 0 aromatic heterocycles. The maximum atomic E-state index is 13.0. The lowest BCUT2D eigenvalue weighted by atomic mass is 10.0. The highest BCUT2D eigenvalue weighted by atomic mass is 32.2. The lowest BCUT2D eigenvalue weighted by Crippen LogP contribution is -2.39. The third-order valence-electron chi connectivity index (χ3n) is 6.56. The third-order valence-corrected chi connectivity index (χ3v) is 10.3. The standard InChI is InChI=1S/C24H32N2O4S2/c1-19-5-3-15-25(17-19)31(27,28)23-11-7-21(8-12-23)22-9-13-24(14-10-22)32(29,30)26-16-4-6-20(2)18-26/h7-14,19-20H,3-6,15-18H2,1-2H3. The van der Waals surface area contributed by atoms with Gasteiger partial charge in [-0.2, -0.15) is 8.61 Å². The van der Waals surface area contributed by atoms with Crippen molar-refractivity contribution in [3.05, 3.63) is 48.5 Å². The quantitative estimate of drug-likeness (QED) is 0.648. The fourth-order valence-electron chi connectivity index (χ4n) is 4.67. The molecule has 0 saturated carbocycles. The molecule has 2 aliphatic rings. The van der Waals surface area contributed by atoms with Gasteiger partial charge in [-0.15, -0.1) is 0 Å². The number of sulfonamides is 2. The second-order valence-electron chi connectivity index (χ2n) is 9.27. The molecule has 2 atom stereocenters. The van der Waals surface area contributed by atoms with Gasteiger partial charge < -0.3 is 0 Å². The van der Waals surface area contributed by atoms with Crippen LogP contribution in [0.5, 0.6) is 0 Å². The van der Waals surface area contributed by atoms with Gasteiger partial charge in [0.1, 0.15) is 0 Å². The highest BCUT2D eigenvalue weighted by molar-refractivity contribution is 7.89. The summed E-state index contributed by atoms with van der Waals surface area (Å²) >= 11 is 0. The first-order chi connectivity index (χ1) is 15.2. The molecule has 8 heteroatoms. The van der Waals surface area contributed by atoms with E-state index in [1.165, 1.54) is 0 Å². The minimum absolute atomic E-state index is 0.300. The smallest absolute Gasteiger partial charge is 0.207 e. The summed E-state index contributed by atoms with van der Waals surface area (Å²) in [5, 5.41) is 0. The summed E-state index contributed by atoms with van der Waals surface area (Å²) in [6.45, 7) is 6.44. The van der Waals surface area contributed by atoms with E-state index >= 15 is 0 Å². The van der Waals surface area contributed by atoms with Crippen LogP contribution in [0.1, 0.15) is 39.5 Å². The Labute approximate surface area is 192 Å². The number of hydrogen-bond acceptors (Lipinski definition) is 4. The van der Waals surface area contributed by atoms with Crippen LogP contribution in [0.2, 0.25) is 0 Å². The molecule has 0 N–H and O–H groups in total. The monoisotopic (exact) mass is 476 g/mol. The highest BCUT2D eigenvalue weighted by Gasteiger charge is 2.29. The Balaban J connectivity index is 1.51. The molecule has 0 spiro atoms. The van der Waals surface area contributed by atoms with Crippen molar-refractivity contribution < 1.29 is 16.8 Å². The molecule has 0 amide bonds. The molecule has 4 rings (SSSR count). The van der Waals surface area contributed by atoms with E-state index in [4.69, 9.17) is 0 Å². The van der Waals surface area contributed by atoms with Crippen molar-refractivity contribution in [2.75, 3.05) is 26.2 Å². The van der Waals surface area contributed by atoms with Crippen molar-refractivity contribution in [1.29, 1.82) is 0 Å². The van der Waals surface area contributed by atoms with Gasteiger partial charge in [0, 0.05) is 26.2 Å². The van der Waals surface area contributed by atoms with E-state index in [9.17, 15) is 16.8 Å². The fourth-order valence-corrected chi connectivity index (χ4v) is 7.86. The lowest BCUT2D eigenvalue weighted by Gasteiger charge is -2.30.